The van der Waals surface area contributed by atoms with E-state index < -0.39 is 17.5 Å². The Morgan fingerprint density at radius 2 is 1.82 bits per heavy atom. The van der Waals surface area contributed by atoms with E-state index in [1.807, 2.05) is 20.8 Å². The van der Waals surface area contributed by atoms with Crippen LogP contribution < -0.4 is 10.6 Å². The minimum atomic E-state index is -0.839. The number of carbonyl (C=O) groups excluding carboxylic acids is 2. The number of likely N-dealkylation sites (N-methyl/N-ethyl adjacent to an activating group) is 1. The predicted octanol–water partition coefficient (Wildman–Crippen LogP) is 1.75. The van der Waals surface area contributed by atoms with E-state index in [-0.39, 0.29) is 30.7 Å². The van der Waals surface area contributed by atoms with Gasteiger partial charge in [0, 0.05) is 12.1 Å². The van der Waals surface area contributed by atoms with Crippen LogP contribution >= 0.6 is 0 Å². The molecule has 7 heteroatoms. The molecular weight excluding hydrogens is 292 g/mol. The van der Waals surface area contributed by atoms with Gasteiger partial charge in [0.25, 0.3) is 0 Å². The highest BCUT2D eigenvalue weighted by atomic mass is 19.1. The van der Waals surface area contributed by atoms with Gasteiger partial charge in [-0.25, -0.2) is 8.78 Å². The zero-order chi connectivity index (χ0) is 16.7. The third-order valence-corrected chi connectivity index (χ3v) is 2.84. The molecule has 5 nitrogen and oxygen atoms in total. The Morgan fingerprint density at radius 3 is 2.36 bits per heavy atom. The molecule has 0 aliphatic heterocycles. The Morgan fingerprint density at radius 1 is 1.18 bits per heavy atom. The van der Waals surface area contributed by atoms with Crippen molar-refractivity contribution in [3.8, 4) is 0 Å². The molecule has 0 saturated carbocycles. The highest BCUT2D eigenvalue weighted by Crippen LogP contribution is 2.14. The van der Waals surface area contributed by atoms with E-state index in [0.29, 0.717) is 12.6 Å². The molecule has 0 saturated heterocycles. The first-order valence-corrected chi connectivity index (χ1v) is 7.08. The Hall–Kier alpha value is -2.02. The van der Waals surface area contributed by atoms with Gasteiger partial charge in [0.2, 0.25) is 11.8 Å². The first-order valence-electron chi connectivity index (χ1n) is 7.08. The molecule has 2 N–H and O–H groups in total. The Kier molecular flexibility index (Phi) is 6.91. The van der Waals surface area contributed by atoms with E-state index in [1.165, 1.54) is 0 Å². The van der Waals surface area contributed by atoms with Gasteiger partial charge in [-0.15, -0.1) is 0 Å². The van der Waals surface area contributed by atoms with Crippen molar-refractivity contribution in [2.45, 2.75) is 26.8 Å². The molecular formula is C15H21F2N3O2. The summed E-state index contributed by atoms with van der Waals surface area (Å²) in [5.74, 6) is -2.20. The van der Waals surface area contributed by atoms with Crippen molar-refractivity contribution in [1.29, 1.82) is 0 Å². The van der Waals surface area contributed by atoms with E-state index in [2.05, 4.69) is 10.6 Å². The number of benzene rings is 1. The molecule has 122 valence electrons. The third kappa shape index (κ3) is 6.17. The lowest BCUT2D eigenvalue weighted by Gasteiger charge is -2.20. The van der Waals surface area contributed by atoms with Crippen LogP contribution in [0.15, 0.2) is 18.2 Å². The molecule has 0 atom stereocenters. The SMILES string of the molecule is CCN(CC(=O)Nc1ccc(F)cc1F)CC(=O)NC(C)C. The molecule has 2 amide bonds. The molecule has 0 radical (unpaired) electrons. The minimum Gasteiger partial charge on any atom is -0.353 e. The van der Waals surface area contributed by atoms with Crippen LogP contribution in [-0.2, 0) is 9.59 Å². The first kappa shape index (κ1) is 18.0. The maximum atomic E-state index is 13.5. The van der Waals surface area contributed by atoms with Crippen LogP contribution in [0.1, 0.15) is 20.8 Å². The number of carbonyl (C=O) groups is 2. The molecule has 0 unspecified atom stereocenters. The van der Waals surface area contributed by atoms with E-state index in [4.69, 9.17) is 0 Å². The number of nitrogens with one attached hydrogen (secondary N) is 2. The maximum absolute atomic E-state index is 13.5. The molecule has 0 aromatic heterocycles. The fourth-order valence-corrected chi connectivity index (χ4v) is 1.83. The normalized spacial score (nSPS) is 10.9. The van der Waals surface area contributed by atoms with Crippen molar-refractivity contribution < 1.29 is 18.4 Å². The summed E-state index contributed by atoms with van der Waals surface area (Å²) in [6, 6.07) is 2.94. The van der Waals surface area contributed by atoms with Crippen LogP contribution in [-0.4, -0.2) is 42.4 Å². The zero-order valence-corrected chi connectivity index (χ0v) is 13.0. The number of rotatable bonds is 7. The summed E-state index contributed by atoms with van der Waals surface area (Å²) in [4.78, 5) is 25.2. The molecule has 1 aromatic carbocycles. The van der Waals surface area contributed by atoms with E-state index in [1.54, 1.807) is 4.90 Å². The predicted molar refractivity (Wildman–Crippen MR) is 80.4 cm³/mol. The molecule has 0 bridgehead atoms. The fraction of sp³-hybridized carbons (Fsp3) is 0.467. The second kappa shape index (κ2) is 8.43. The highest BCUT2D eigenvalue weighted by molar-refractivity contribution is 5.92. The average Bonchev–Trinajstić information content (AvgIpc) is 2.40. The monoisotopic (exact) mass is 313 g/mol. The lowest BCUT2D eigenvalue weighted by Crippen LogP contribution is -2.42. The van der Waals surface area contributed by atoms with Gasteiger partial charge in [-0.2, -0.15) is 0 Å². The number of amides is 2. The number of anilines is 1. The Balaban J connectivity index is 2.56. The van der Waals surface area contributed by atoms with E-state index >= 15 is 0 Å². The fourth-order valence-electron chi connectivity index (χ4n) is 1.83. The van der Waals surface area contributed by atoms with Gasteiger partial charge in [-0.3, -0.25) is 14.5 Å². The van der Waals surface area contributed by atoms with Gasteiger partial charge in [-0.05, 0) is 32.5 Å². The van der Waals surface area contributed by atoms with Gasteiger partial charge in [0.15, 0.2) is 0 Å². The summed E-state index contributed by atoms with van der Waals surface area (Å²) in [6.07, 6.45) is 0. The van der Waals surface area contributed by atoms with Crippen LogP contribution in [0.2, 0.25) is 0 Å². The van der Waals surface area contributed by atoms with Crippen LogP contribution in [0.5, 0.6) is 0 Å². The first-order chi connectivity index (χ1) is 10.3. The minimum absolute atomic E-state index is 0.0216. The molecule has 1 rings (SSSR count). The van der Waals surface area contributed by atoms with Crippen molar-refractivity contribution in [3.05, 3.63) is 29.8 Å². The van der Waals surface area contributed by atoms with E-state index in [9.17, 15) is 18.4 Å². The molecule has 0 aliphatic rings. The van der Waals surface area contributed by atoms with Crippen LogP contribution in [0.3, 0.4) is 0 Å². The molecule has 0 heterocycles. The number of hydrogen-bond acceptors (Lipinski definition) is 3. The van der Waals surface area contributed by atoms with Crippen molar-refractivity contribution >= 4 is 17.5 Å². The number of halogens is 2. The summed E-state index contributed by atoms with van der Waals surface area (Å²) >= 11 is 0. The molecule has 22 heavy (non-hydrogen) atoms. The molecule has 0 aliphatic carbocycles. The number of hydrogen-bond donors (Lipinski definition) is 2. The van der Waals surface area contributed by atoms with Crippen molar-refractivity contribution in [2.24, 2.45) is 0 Å². The van der Waals surface area contributed by atoms with Crippen molar-refractivity contribution in [3.63, 3.8) is 0 Å². The van der Waals surface area contributed by atoms with Gasteiger partial charge >= 0.3 is 0 Å². The molecule has 0 fully saturated rings. The molecule has 0 spiro atoms. The third-order valence-electron chi connectivity index (χ3n) is 2.84. The van der Waals surface area contributed by atoms with Gasteiger partial charge in [0.05, 0.1) is 18.8 Å². The smallest absolute Gasteiger partial charge is 0.238 e. The summed E-state index contributed by atoms with van der Waals surface area (Å²) in [5, 5.41) is 5.09. The summed E-state index contributed by atoms with van der Waals surface area (Å²) in [6.45, 7) is 6.02. The lowest BCUT2D eigenvalue weighted by atomic mass is 10.3. The maximum Gasteiger partial charge on any atom is 0.238 e. The zero-order valence-electron chi connectivity index (χ0n) is 13.0. The summed E-state index contributed by atoms with van der Waals surface area (Å²) in [5.41, 5.74) is -0.0888. The van der Waals surface area contributed by atoms with Crippen LogP contribution in [0.25, 0.3) is 0 Å². The average molecular weight is 313 g/mol. The number of nitrogens with zero attached hydrogens (tertiary/aromatic N) is 1. The Labute approximate surface area is 128 Å². The topological polar surface area (TPSA) is 61.4 Å². The quantitative estimate of drug-likeness (QED) is 0.806. The summed E-state index contributed by atoms with van der Waals surface area (Å²) in [7, 11) is 0. The second-order valence-electron chi connectivity index (χ2n) is 5.20. The second-order valence-corrected chi connectivity index (χ2v) is 5.20. The van der Waals surface area contributed by atoms with Crippen LogP contribution in [0.4, 0.5) is 14.5 Å². The van der Waals surface area contributed by atoms with Crippen molar-refractivity contribution in [2.75, 3.05) is 25.0 Å². The molecule has 1 aromatic rings. The van der Waals surface area contributed by atoms with Gasteiger partial charge in [-0.1, -0.05) is 6.92 Å². The van der Waals surface area contributed by atoms with Gasteiger partial charge < -0.3 is 10.6 Å². The summed E-state index contributed by atoms with van der Waals surface area (Å²) < 4.78 is 26.2. The standard InChI is InChI=1S/C15H21F2N3O2/c1-4-20(8-14(21)18-10(2)3)9-15(22)19-13-6-5-11(16)7-12(13)17/h5-7,10H,4,8-9H2,1-3H3,(H,18,21)(H,19,22). The highest BCUT2D eigenvalue weighted by Gasteiger charge is 2.15. The largest absolute Gasteiger partial charge is 0.353 e. The van der Waals surface area contributed by atoms with Crippen molar-refractivity contribution in [1.82, 2.24) is 10.2 Å². The Bertz CT molecular complexity index is 536. The van der Waals surface area contributed by atoms with E-state index in [0.717, 1.165) is 12.1 Å². The van der Waals surface area contributed by atoms with Gasteiger partial charge in [0.1, 0.15) is 11.6 Å². The lowest BCUT2D eigenvalue weighted by molar-refractivity contribution is -0.123. The van der Waals surface area contributed by atoms with Crippen LogP contribution in [0, 0.1) is 11.6 Å².